The maximum atomic E-state index is 12.2. The lowest BCUT2D eigenvalue weighted by molar-refractivity contribution is 0.0697. The number of ether oxygens (including phenoxy) is 1. The normalized spacial score (nSPS) is 11.0. The fourth-order valence-electron chi connectivity index (χ4n) is 2.72. The van der Waals surface area contributed by atoms with E-state index in [9.17, 15) is 9.59 Å². The highest BCUT2D eigenvalue weighted by Crippen LogP contribution is 2.35. The number of hydrogen-bond donors (Lipinski definition) is 3. The number of nitrogens with one attached hydrogen (secondary N) is 2. The minimum absolute atomic E-state index is 0.243. The molecule has 0 saturated carbocycles. The summed E-state index contributed by atoms with van der Waals surface area (Å²) in [5.74, 6) is -0.0708. The van der Waals surface area contributed by atoms with Gasteiger partial charge in [0.15, 0.2) is 11.2 Å². The Morgan fingerprint density at radius 2 is 2.19 bits per heavy atom. The molecule has 0 bridgehead atoms. The summed E-state index contributed by atoms with van der Waals surface area (Å²) in [5.41, 5.74) is 2.01. The Balaban J connectivity index is 1.82. The molecule has 0 radical (unpaired) electrons. The summed E-state index contributed by atoms with van der Waals surface area (Å²) < 4.78 is 5.74. The molecule has 0 aliphatic rings. The van der Waals surface area contributed by atoms with Crippen molar-refractivity contribution in [2.45, 2.75) is 6.92 Å². The van der Waals surface area contributed by atoms with E-state index in [0.29, 0.717) is 34.9 Å². The summed E-state index contributed by atoms with van der Waals surface area (Å²) in [6.45, 7) is 2.29. The van der Waals surface area contributed by atoms with Crippen molar-refractivity contribution in [3.8, 4) is 27.6 Å². The zero-order chi connectivity index (χ0) is 19.0. The van der Waals surface area contributed by atoms with E-state index in [1.165, 1.54) is 17.7 Å². The quantitative estimate of drug-likeness (QED) is 0.488. The van der Waals surface area contributed by atoms with Gasteiger partial charge in [0.25, 0.3) is 5.56 Å². The first-order valence-electron chi connectivity index (χ1n) is 8.09. The summed E-state index contributed by atoms with van der Waals surface area (Å²) in [7, 11) is 0. The van der Waals surface area contributed by atoms with Crippen LogP contribution in [0.15, 0.2) is 40.8 Å². The van der Waals surface area contributed by atoms with Gasteiger partial charge in [0, 0.05) is 10.3 Å². The number of thiophene rings is 1. The van der Waals surface area contributed by atoms with Gasteiger partial charge in [-0.15, -0.1) is 11.3 Å². The molecule has 1 aromatic carbocycles. The Labute approximate surface area is 156 Å². The number of aromatic amines is 2. The number of nitrogens with zero attached hydrogens (tertiary/aromatic N) is 2. The van der Waals surface area contributed by atoms with Crippen LogP contribution in [0.2, 0.25) is 0 Å². The van der Waals surface area contributed by atoms with E-state index in [0.717, 1.165) is 10.4 Å². The average Bonchev–Trinajstić information content (AvgIpc) is 3.31. The van der Waals surface area contributed by atoms with Crippen LogP contribution in [0, 0.1) is 0 Å². The van der Waals surface area contributed by atoms with E-state index in [2.05, 4.69) is 19.9 Å². The average molecular weight is 382 g/mol. The molecule has 3 aromatic heterocycles. The van der Waals surface area contributed by atoms with Gasteiger partial charge in [-0.3, -0.25) is 4.79 Å². The van der Waals surface area contributed by atoms with E-state index in [-0.39, 0.29) is 11.1 Å². The summed E-state index contributed by atoms with van der Waals surface area (Å²) in [6, 6.07) is 7.06. The van der Waals surface area contributed by atoms with E-state index in [1.54, 1.807) is 17.5 Å². The number of H-pyrrole nitrogens is 2. The van der Waals surface area contributed by atoms with Crippen LogP contribution in [0.1, 0.15) is 17.3 Å². The van der Waals surface area contributed by atoms with E-state index in [4.69, 9.17) is 9.84 Å². The van der Waals surface area contributed by atoms with Crippen LogP contribution in [-0.2, 0) is 0 Å². The van der Waals surface area contributed by atoms with E-state index < -0.39 is 5.97 Å². The Morgan fingerprint density at radius 3 is 2.93 bits per heavy atom. The highest BCUT2D eigenvalue weighted by Gasteiger charge is 2.15. The minimum atomic E-state index is -0.965. The van der Waals surface area contributed by atoms with Crippen LogP contribution in [0.4, 0.5) is 0 Å². The highest BCUT2D eigenvalue weighted by atomic mass is 32.1. The van der Waals surface area contributed by atoms with Crippen molar-refractivity contribution in [2.75, 3.05) is 6.61 Å². The lowest BCUT2D eigenvalue weighted by Crippen LogP contribution is -2.10. The molecule has 4 aromatic rings. The Hall–Kier alpha value is -3.46. The maximum absolute atomic E-state index is 12.2. The molecule has 0 amide bonds. The van der Waals surface area contributed by atoms with Crippen molar-refractivity contribution in [1.29, 1.82) is 0 Å². The lowest BCUT2D eigenvalue weighted by atomic mass is 10.1. The second-order valence-electron chi connectivity index (χ2n) is 5.66. The number of imidazole rings is 1. The monoisotopic (exact) mass is 382 g/mol. The molecule has 9 heteroatoms. The summed E-state index contributed by atoms with van der Waals surface area (Å²) in [4.78, 5) is 38.0. The Kier molecular flexibility index (Phi) is 4.21. The predicted molar refractivity (Wildman–Crippen MR) is 101 cm³/mol. The van der Waals surface area contributed by atoms with Gasteiger partial charge in [0.05, 0.1) is 24.1 Å². The van der Waals surface area contributed by atoms with Crippen molar-refractivity contribution >= 4 is 28.5 Å². The number of fused-ring (bicyclic) bond motifs is 1. The highest BCUT2D eigenvalue weighted by molar-refractivity contribution is 7.13. The van der Waals surface area contributed by atoms with Crippen LogP contribution >= 0.6 is 11.3 Å². The van der Waals surface area contributed by atoms with Crippen LogP contribution in [0.3, 0.4) is 0 Å². The van der Waals surface area contributed by atoms with Crippen molar-refractivity contribution < 1.29 is 14.6 Å². The van der Waals surface area contributed by atoms with E-state index >= 15 is 0 Å². The molecule has 27 heavy (non-hydrogen) atoms. The Bertz CT molecular complexity index is 1210. The Morgan fingerprint density at radius 1 is 1.33 bits per heavy atom. The second-order valence-corrected chi connectivity index (χ2v) is 6.58. The third kappa shape index (κ3) is 3.08. The van der Waals surface area contributed by atoms with E-state index in [1.807, 2.05) is 19.1 Å². The first kappa shape index (κ1) is 17.0. The van der Waals surface area contributed by atoms with Gasteiger partial charge in [-0.2, -0.15) is 0 Å². The van der Waals surface area contributed by atoms with Gasteiger partial charge in [-0.05, 0) is 30.7 Å². The largest absolute Gasteiger partial charge is 0.493 e. The number of carbonyl (C=O) groups is 1. The van der Waals surface area contributed by atoms with Gasteiger partial charge >= 0.3 is 5.97 Å². The van der Waals surface area contributed by atoms with Crippen molar-refractivity contribution in [2.24, 2.45) is 0 Å². The first-order chi connectivity index (χ1) is 13.1. The van der Waals surface area contributed by atoms with Crippen molar-refractivity contribution in [3.05, 3.63) is 51.9 Å². The number of aromatic nitrogens is 4. The molecule has 4 rings (SSSR count). The summed E-state index contributed by atoms with van der Waals surface area (Å²) in [5, 5.41) is 10.7. The molecule has 0 aliphatic heterocycles. The molecular formula is C18H14N4O4S. The van der Waals surface area contributed by atoms with Crippen LogP contribution in [0.25, 0.3) is 33.0 Å². The molecule has 0 atom stereocenters. The second kappa shape index (κ2) is 6.69. The van der Waals surface area contributed by atoms with Crippen LogP contribution in [0.5, 0.6) is 5.75 Å². The lowest BCUT2D eigenvalue weighted by Gasteiger charge is -2.11. The van der Waals surface area contributed by atoms with Crippen molar-refractivity contribution in [3.63, 3.8) is 0 Å². The maximum Gasteiger partial charge on any atom is 0.336 e. The summed E-state index contributed by atoms with van der Waals surface area (Å²) in [6.07, 6.45) is 1.42. The molecule has 0 saturated heterocycles. The molecule has 3 heterocycles. The number of aromatic carboxylic acids is 1. The molecule has 0 aliphatic carbocycles. The number of rotatable bonds is 5. The number of carboxylic acids is 1. The molecule has 3 N–H and O–H groups in total. The van der Waals surface area contributed by atoms with Gasteiger partial charge in [-0.25, -0.2) is 14.8 Å². The van der Waals surface area contributed by atoms with Gasteiger partial charge < -0.3 is 19.8 Å². The first-order valence-corrected chi connectivity index (χ1v) is 8.97. The molecule has 0 spiro atoms. The summed E-state index contributed by atoms with van der Waals surface area (Å²) >= 11 is 1.34. The van der Waals surface area contributed by atoms with Gasteiger partial charge in [0.2, 0.25) is 0 Å². The number of benzene rings is 1. The minimum Gasteiger partial charge on any atom is -0.493 e. The third-order valence-corrected chi connectivity index (χ3v) is 4.94. The topological polar surface area (TPSA) is 121 Å². The van der Waals surface area contributed by atoms with Crippen LogP contribution < -0.4 is 10.3 Å². The smallest absolute Gasteiger partial charge is 0.336 e. The molecule has 0 unspecified atom stereocenters. The van der Waals surface area contributed by atoms with Crippen molar-refractivity contribution in [1.82, 2.24) is 19.9 Å². The third-order valence-electron chi connectivity index (χ3n) is 3.96. The molecule has 136 valence electrons. The van der Waals surface area contributed by atoms with Gasteiger partial charge in [0.1, 0.15) is 11.6 Å². The fraction of sp³-hybridized carbons (Fsp3) is 0.111. The number of hydrogen-bond acceptors (Lipinski definition) is 6. The number of carboxylic acid groups (broad SMARTS) is 1. The zero-order valence-electron chi connectivity index (χ0n) is 14.1. The zero-order valence-corrected chi connectivity index (χ0v) is 15.0. The standard InChI is InChI=1S/C18H14N4O4S/c1-2-26-12-5-9(13-6-10(7-27-13)18(24)25)3-4-11(12)15-21-16-14(17(23)22-15)19-8-20-16/h3-8H,2H2,1H3,(H,24,25)(H2,19,20,21,22,23). The molecule has 8 nitrogen and oxygen atoms in total. The fourth-order valence-corrected chi connectivity index (χ4v) is 3.60. The van der Waals surface area contributed by atoms with Crippen LogP contribution in [-0.4, -0.2) is 37.6 Å². The molecule has 0 fully saturated rings. The molecular weight excluding hydrogens is 368 g/mol. The van der Waals surface area contributed by atoms with Gasteiger partial charge in [-0.1, -0.05) is 6.07 Å². The predicted octanol–water partition coefficient (Wildman–Crippen LogP) is 3.14. The SMILES string of the molecule is CCOc1cc(-c2cc(C(=O)O)cs2)ccc1-c1nc2nc[nH]c2c(=O)[nH]1.